The molecule has 138 valence electrons. The van der Waals surface area contributed by atoms with Crippen LogP contribution in [0.2, 0.25) is 0 Å². The van der Waals surface area contributed by atoms with Crippen molar-refractivity contribution < 1.29 is 8.78 Å². The van der Waals surface area contributed by atoms with Crippen LogP contribution in [-0.2, 0) is 6.54 Å². The van der Waals surface area contributed by atoms with Crippen LogP contribution in [0.25, 0.3) is 0 Å². The van der Waals surface area contributed by atoms with Crippen LogP contribution >= 0.6 is 0 Å². The number of halogens is 2. The molecule has 2 fully saturated rings. The quantitative estimate of drug-likeness (QED) is 0.819. The predicted octanol–water partition coefficient (Wildman–Crippen LogP) is 2.76. The molecule has 2 aliphatic rings. The molecule has 0 spiro atoms. The van der Waals surface area contributed by atoms with Crippen LogP contribution in [0, 0.1) is 5.92 Å². The maximum atomic E-state index is 12.6. The third-order valence-corrected chi connectivity index (χ3v) is 5.18. The van der Waals surface area contributed by atoms with Gasteiger partial charge in [-0.3, -0.25) is 9.36 Å². The highest BCUT2D eigenvalue weighted by molar-refractivity contribution is 5.38. The Morgan fingerprint density at radius 2 is 1.88 bits per heavy atom. The van der Waals surface area contributed by atoms with E-state index in [-0.39, 0.29) is 0 Å². The number of nitrogens with zero attached hydrogens (tertiary/aromatic N) is 5. The van der Waals surface area contributed by atoms with Gasteiger partial charge in [0.05, 0.1) is 12.0 Å². The lowest BCUT2D eigenvalue weighted by molar-refractivity contribution is 0.145. The molecule has 0 amide bonds. The fourth-order valence-corrected chi connectivity index (χ4v) is 3.42. The zero-order chi connectivity index (χ0) is 18.1. The topological polar surface area (TPSA) is 63.9 Å². The summed E-state index contributed by atoms with van der Waals surface area (Å²) in [7, 11) is 0. The first-order valence-electron chi connectivity index (χ1n) is 9.03. The van der Waals surface area contributed by atoms with Gasteiger partial charge in [0.15, 0.2) is 5.82 Å². The van der Waals surface area contributed by atoms with Crippen molar-refractivity contribution in [2.45, 2.75) is 44.6 Å². The van der Waals surface area contributed by atoms with Gasteiger partial charge in [-0.25, -0.2) is 13.8 Å². The molecule has 1 saturated carbocycles. The Hall–Kier alpha value is -2.38. The number of anilines is 1. The average Bonchev–Trinajstić information content (AvgIpc) is 3.49. The van der Waals surface area contributed by atoms with Crippen molar-refractivity contribution in [1.29, 1.82) is 0 Å². The van der Waals surface area contributed by atoms with Gasteiger partial charge in [-0.2, -0.15) is 5.10 Å². The molecule has 2 aromatic heterocycles. The minimum atomic E-state index is -2.71. The highest BCUT2D eigenvalue weighted by atomic mass is 19.3. The SMILES string of the molecule is O=c1cc(C(F)F)ncn1CC1CCN(c2ccc(C3CC3)nn2)CC1. The van der Waals surface area contributed by atoms with E-state index in [2.05, 4.69) is 26.1 Å². The highest BCUT2D eigenvalue weighted by Gasteiger charge is 2.26. The van der Waals surface area contributed by atoms with E-state index in [4.69, 9.17) is 0 Å². The van der Waals surface area contributed by atoms with Gasteiger partial charge in [0.25, 0.3) is 12.0 Å². The minimum absolute atomic E-state index is 0.321. The summed E-state index contributed by atoms with van der Waals surface area (Å²) in [5, 5.41) is 8.68. The Labute approximate surface area is 149 Å². The van der Waals surface area contributed by atoms with Crippen molar-refractivity contribution in [2.24, 2.45) is 5.92 Å². The van der Waals surface area contributed by atoms with Gasteiger partial charge in [0.1, 0.15) is 5.69 Å². The van der Waals surface area contributed by atoms with Crippen molar-refractivity contribution >= 4 is 5.82 Å². The third kappa shape index (κ3) is 3.73. The summed E-state index contributed by atoms with van der Waals surface area (Å²) in [4.78, 5) is 17.8. The molecule has 0 atom stereocenters. The Balaban J connectivity index is 1.34. The first-order valence-corrected chi connectivity index (χ1v) is 9.03. The minimum Gasteiger partial charge on any atom is -0.355 e. The normalized spacial score (nSPS) is 18.5. The molecule has 26 heavy (non-hydrogen) atoms. The van der Waals surface area contributed by atoms with Crippen LogP contribution in [0.4, 0.5) is 14.6 Å². The summed E-state index contributed by atoms with van der Waals surface area (Å²) in [5.74, 6) is 1.82. The summed E-state index contributed by atoms with van der Waals surface area (Å²) < 4.78 is 26.6. The Morgan fingerprint density at radius 3 is 2.46 bits per heavy atom. The number of hydrogen-bond acceptors (Lipinski definition) is 5. The van der Waals surface area contributed by atoms with Gasteiger partial charge in [-0.15, -0.1) is 5.10 Å². The highest BCUT2D eigenvalue weighted by Crippen LogP contribution is 2.38. The maximum Gasteiger partial charge on any atom is 0.280 e. The largest absolute Gasteiger partial charge is 0.355 e. The van der Waals surface area contributed by atoms with Crippen LogP contribution in [0.3, 0.4) is 0 Å². The number of rotatable bonds is 5. The van der Waals surface area contributed by atoms with Crippen molar-refractivity contribution in [3.8, 4) is 0 Å². The number of hydrogen-bond donors (Lipinski definition) is 0. The fraction of sp³-hybridized carbons (Fsp3) is 0.556. The lowest BCUT2D eigenvalue weighted by atomic mass is 9.96. The summed E-state index contributed by atoms with van der Waals surface area (Å²) >= 11 is 0. The second kappa shape index (κ2) is 7.09. The van der Waals surface area contributed by atoms with Crippen molar-refractivity contribution in [1.82, 2.24) is 19.7 Å². The molecule has 0 N–H and O–H groups in total. The fourth-order valence-electron chi connectivity index (χ4n) is 3.42. The second-order valence-corrected chi connectivity index (χ2v) is 7.13. The third-order valence-electron chi connectivity index (χ3n) is 5.18. The molecule has 6 nitrogen and oxygen atoms in total. The van der Waals surface area contributed by atoms with Crippen molar-refractivity contribution in [3.63, 3.8) is 0 Å². The molecular weight excluding hydrogens is 340 g/mol. The van der Waals surface area contributed by atoms with E-state index in [1.165, 1.54) is 23.7 Å². The van der Waals surface area contributed by atoms with E-state index >= 15 is 0 Å². The summed E-state index contributed by atoms with van der Waals surface area (Å²) in [6, 6.07) is 5.04. The van der Waals surface area contributed by atoms with Crippen LogP contribution < -0.4 is 10.5 Å². The molecule has 8 heteroatoms. The maximum absolute atomic E-state index is 12.6. The zero-order valence-electron chi connectivity index (χ0n) is 14.4. The standard InChI is InChI=1S/C18H21F2N5O/c19-18(20)15-9-17(26)25(11-21-15)10-12-5-7-24(8-6-12)16-4-3-14(22-23-16)13-1-2-13/h3-4,9,11-13,18H,1-2,5-8,10H2. The van der Waals surface area contributed by atoms with Crippen LogP contribution in [-0.4, -0.2) is 32.8 Å². The Kier molecular flexibility index (Phi) is 4.65. The lowest BCUT2D eigenvalue weighted by Crippen LogP contribution is -2.37. The van der Waals surface area contributed by atoms with E-state index in [1.54, 1.807) is 0 Å². The molecule has 1 saturated heterocycles. The lowest BCUT2D eigenvalue weighted by Gasteiger charge is -2.32. The molecule has 3 heterocycles. The van der Waals surface area contributed by atoms with Gasteiger partial charge in [0.2, 0.25) is 0 Å². The van der Waals surface area contributed by atoms with Crippen molar-refractivity contribution in [2.75, 3.05) is 18.0 Å². The molecule has 2 aromatic rings. The smallest absolute Gasteiger partial charge is 0.280 e. The molecule has 1 aliphatic heterocycles. The molecular formula is C18H21F2N5O. The molecule has 0 radical (unpaired) electrons. The summed E-state index contributed by atoms with van der Waals surface area (Å²) in [6.07, 6.45) is 2.77. The van der Waals surface area contributed by atoms with E-state index in [0.717, 1.165) is 43.5 Å². The van der Waals surface area contributed by atoms with Gasteiger partial charge in [-0.1, -0.05) is 0 Å². The number of piperidine rings is 1. The first kappa shape index (κ1) is 17.1. The van der Waals surface area contributed by atoms with Gasteiger partial charge in [0, 0.05) is 31.6 Å². The predicted molar refractivity (Wildman–Crippen MR) is 92.4 cm³/mol. The molecule has 1 aliphatic carbocycles. The summed E-state index contributed by atoms with van der Waals surface area (Å²) in [5.41, 5.74) is 0.205. The molecule has 4 rings (SSSR count). The number of aromatic nitrogens is 4. The van der Waals surface area contributed by atoms with E-state index in [0.29, 0.717) is 18.4 Å². The average molecular weight is 361 g/mol. The van der Waals surface area contributed by atoms with Crippen LogP contribution in [0.5, 0.6) is 0 Å². The van der Waals surface area contributed by atoms with E-state index in [9.17, 15) is 13.6 Å². The van der Waals surface area contributed by atoms with Crippen molar-refractivity contribution in [3.05, 3.63) is 46.3 Å². The van der Waals surface area contributed by atoms with Crippen LogP contribution in [0.1, 0.15) is 49.4 Å². The molecule has 0 bridgehead atoms. The van der Waals surface area contributed by atoms with Crippen LogP contribution in [0.15, 0.2) is 29.3 Å². The Morgan fingerprint density at radius 1 is 1.12 bits per heavy atom. The first-order chi connectivity index (χ1) is 12.6. The van der Waals surface area contributed by atoms with E-state index < -0.39 is 17.7 Å². The second-order valence-electron chi connectivity index (χ2n) is 7.13. The molecule has 0 unspecified atom stereocenters. The Bertz CT molecular complexity index is 811. The monoisotopic (exact) mass is 361 g/mol. The zero-order valence-corrected chi connectivity index (χ0v) is 14.4. The molecule has 0 aromatic carbocycles. The summed E-state index contributed by atoms with van der Waals surface area (Å²) in [6.45, 7) is 2.20. The van der Waals surface area contributed by atoms with Gasteiger partial charge in [-0.05, 0) is 43.7 Å². The van der Waals surface area contributed by atoms with E-state index in [1.807, 2.05) is 6.07 Å². The van der Waals surface area contributed by atoms with Gasteiger partial charge < -0.3 is 4.90 Å². The van der Waals surface area contributed by atoms with Gasteiger partial charge >= 0.3 is 0 Å². The number of alkyl halides is 2.